The van der Waals surface area contributed by atoms with E-state index < -0.39 is 0 Å². The Labute approximate surface area is 368 Å². The normalized spacial score (nSPS) is 12.9. The molecule has 2 aliphatic heterocycles. The molecule has 0 fully saturated rings. The molecule has 0 unspecified atom stereocenters. The van der Waals surface area contributed by atoms with Gasteiger partial charge in [-0.25, -0.2) is 9.97 Å². The summed E-state index contributed by atoms with van der Waals surface area (Å²) in [5.74, 6) is -0.362. The predicted octanol–water partition coefficient (Wildman–Crippen LogP) is 12.9. The van der Waals surface area contributed by atoms with E-state index in [1.54, 1.807) is 24.4 Å². The van der Waals surface area contributed by atoms with Gasteiger partial charge in [-0.05, 0) is 64.7 Å². The molecule has 7 nitrogen and oxygen atoms in total. The van der Waals surface area contributed by atoms with Gasteiger partial charge in [-0.3, -0.25) is 9.59 Å². The van der Waals surface area contributed by atoms with Gasteiger partial charge in [0, 0.05) is 74.3 Å². The molecule has 0 spiro atoms. The molecule has 3 aliphatic rings. The van der Waals surface area contributed by atoms with Crippen molar-refractivity contribution in [2.24, 2.45) is 7.05 Å². The average molecular weight is 824 g/mol. The van der Waals surface area contributed by atoms with Crippen LogP contribution in [0.5, 0.6) is 0 Å². The monoisotopic (exact) mass is 823 g/mol. The van der Waals surface area contributed by atoms with Crippen molar-refractivity contribution in [1.29, 1.82) is 0 Å². The van der Waals surface area contributed by atoms with E-state index in [1.807, 2.05) is 78.3 Å². The maximum absolute atomic E-state index is 14.7. The summed E-state index contributed by atoms with van der Waals surface area (Å²) in [4.78, 5) is 47.7. The van der Waals surface area contributed by atoms with Crippen molar-refractivity contribution in [2.75, 3.05) is 0 Å². The number of carbonyl (C=O) groups is 2. The first-order valence-corrected chi connectivity index (χ1v) is 21.3. The molecule has 64 heavy (non-hydrogen) atoms. The SMILES string of the molecule is Cn1cc2c(c1C1=Cc3nc1c(-c1ccccc1)c1ccc([nH]1)c(-c1ccccc1)c1nc(c(-c4ccccc4)c4ccc([nH]4)c3-c3ccccc3)C=C1)C(=O)c1ccccc1C2=O. The number of benzene rings is 5. The lowest BCUT2D eigenvalue weighted by Crippen LogP contribution is -2.20. The van der Waals surface area contributed by atoms with Crippen LogP contribution in [0.1, 0.15) is 60.3 Å². The highest BCUT2D eigenvalue weighted by Gasteiger charge is 2.37. The molecule has 2 N–H and O–H groups in total. The van der Waals surface area contributed by atoms with Crippen molar-refractivity contribution in [2.45, 2.75) is 0 Å². The van der Waals surface area contributed by atoms with Crippen molar-refractivity contribution in [3.8, 4) is 44.5 Å². The Morgan fingerprint density at radius 3 is 1.30 bits per heavy atom. The third kappa shape index (κ3) is 5.90. The number of ketones is 2. The van der Waals surface area contributed by atoms with Crippen LogP contribution in [-0.4, -0.2) is 36.1 Å². The Balaban J connectivity index is 1.28. The number of nitrogens with zero attached hydrogens (tertiary/aromatic N) is 3. The number of aryl methyl sites for hydroxylation is 1. The molecule has 0 atom stereocenters. The highest BCUT2D eigenvalue weighted by Crippen LogP contribution is 2.44. The van der Waals surface area contributed by atoms with Crippen LogP contribution >= 0.6 is 0 Å². The van der Waals surface area contributed by atoms with Gasteiger partial charge in [0.1, 0.15) is 0 Å². The number of fused-ring (bicyclic) bond motifs is 10. The molecule has 7 heteroatoms. The standard InChI is InChI=1S/C57H37N5O2/c1-62-33-41-53(57(64)39-25-15-14-24-38(39)56(41)63)55(62)40-32-48-51(36-20-10-4-11-21-36)46-29-28-44(59-46)49(34-16-6-2-7-17-34)42-26-27-43(58-42)50(35-18-8-3-9-19-35)45-30-31-47(60-45)52(54(40)61-48)37-22-12-5-13-23-37/h2-33,59-60H,1H3. The number of hydrogen-bond donors (Lipinski definition) is 2. The van der Waals surface area contributed by atoms with Gasteiger partial charge in [0.25, 0.3) is 0 Å². The van der Waals surface area contributed by atoms with Gasteiger partial charge in [-0.15, -0.1) is 0 Å². The highest BCUT2D eigenvalue weighted by molar-refractivity contribution is 6.30. The molecule has 0 saturated carbocycles. The van der Waals surface area contributed by atoms with Crippen LogP contribution in [0.3, 0.4) is 0 Å². The Morgan fingerprint density at radius 2 is 0.812 bits per heavy atom. The second-order valence-corrected chi connectivity index (χ2v) is 16.2. The van der Waals surface area contributed by atoms with E-state index in [-0.39, 0.29) is 11.6 Å². The van der Waals surface area contributed by atoms with E-state index in [4.69, 9.17) is 9.97 Å². The molecule has 12 rings (SSSR count). The molecule has 5 aromatic carbocycles. The van der Waals surface area contributed by atoms with Gasteiger partial charge < -0.3 is 14.5 Å². The summed E-state index contributed by atoms with van der Waals surface area (Å²) in [5, 5.41) is 0. The molecule has 9 aromatic rings. The zero-order chi connectivity index (χ0) is 42.9. The zero-order valence-corrected chi connectivity index (χ0v) is 34.6. The fourth-order valence-corrected chi connectivity index (χ4v) is 9.61. The fourth-order valence-electron chi connectivity index (χ4n) is 9.61. The smallest absolute Gasteiger partial charge is 0.196 e. The highest BCUT2D eigenvalue weighted by atomic mass is 16.1. The Hall–Kier alpha value is -8.68. The summed E-state index contributed by atoms with van der Waals surface area (Å²) < 4.78 is 1.91. The van der Waals surface area contributed by atoms with Crippen LogP contribution in [0, 0.1) is 0 Å². The van der Waals surface area contributed by atoms with E-state index >= 15 is 0 Å². The quantitative estimate of drug-likeness (QED) is 0.181. The first-order chi connectivity index (χ1) is 31.5. The van der Waals surface area contributed by atoms with Gasteiger partial charge in [0.2, 0.25) is 0 Å². The third-order valence-corrected chi connectivity index (χ3v) is 12.4. The fraction of sp³-hybridized carbons (Fsp3) is 0.0175. The zero-order valence-electron chi connectivity index (χ0n) is 34.6. The maximum Gasteiger partial charge on any atom is 0.196 e. The number of carbonyl (C=O) groups excluding carboxylic acids is 2. The summed E-state index contributed by atoms with van der Waals surface area (Å²) >= 11 is 0. The summed E-state index contributed by atoms with van der Waals surface area (Å²) in [6.07, 6.45) is 8.09. The van der Waals surface area contributed by atoms with E-state index in [1.165, 1.54) is 0 Å². The number of nitrogens with one attached hydrogen (secondary N) is 2. The Bertz CT molecular complexity index is 3630. The van der Waals surface area contributed by atoms with Crippen LogP contribution in [0.15, 0.2) is 176 Å². The Morgan fingerprint density at radius 1 is 0.406 bits per heavy atom. The van der Waals surface area contributed by atoms with Crippen molar-refractivity contribution in [1.82, 2.24) is 24.5 Å². The molecular weight excluding hydrogens is 787 g/mol. The van der Waals surface area contributed by atoms with Crippen LogP contribution in [-0.2, 0) is 7.05 Å². The predicted molar refractivity (Wildman–Crippen MR) is 257 cm³/mol. The molecule has 1 aliphatic carbocycles. The Kier molecular flexibility index (Phi) is 8.55. The molecule has 8 bridgehead atoms. The van der Waals surface area contributed by atoms with E-state index in [2.05, 4.69) is 113 Å². The average Bonchev–Trinajstić information content (AvgIpc) is 4.21. The van der Waals surface area contributed by atoms with Gasteiger partial charge in [0.15, 0.2) is 11.6 Å². The van der Waals surface area contributed by atoms with Gasteiger partial charge in [-0.2, -0.15) is 0 Å². The van der Waals surface area contributed by atoms with E-state index in [9.17, 15) is 9.59 Å². The van der Waals surface area contributed by atoms with Gasteiger partial charge in [0.05, 0.1) is 39.6 Å². The second kappa shape index (κ2) is 14.8. The number of aromatic nitrogens is 5. The number of aromatic amines is 2. The van der Waals surface area contributed by atoms with E-state index in [0.29, 0.717) is 39.3 Å². The molecule has 0 saturated heterocycles. The van der Waals surface area contributed by atoms with Gasteiger partial charge in [-0.1, -0.05) is 146 Å². The maximum atomic E-state index is 14.7. The van der Waals surface area contributed by atoms with Crippen molar-refractivity contribution in [3.05, 3.63) is 227 Å². The minimum atomic E-state index is -0.190. The lowest BCUT2D eigenvalue weighted by molar-refractivity contribution is 0.0980. The topological polar surface area (TPSA) is 96.4 Å². The van der Waals surface area contributed by atoms with Crippen LogP contribution < -0.4 is 0 Å². The molecule has 0 amide bonds. The number of hydrogen-bond acceptors (Lipinski definition) is 4. The minimum Gasteiger partial charge on any atom is -0.354 e. The summed E-state index contributed by atoms with van der Waals surface area (Å²) in [6.45, 7) is 0. The lowest BCUT2D eigenvalue weighted by atomic mass is 9.84. The first kappa shape index (κ1) is 37.1. The van der Waals surface area contributed by atoms with Crippen LogP contribution in [0.4, 0.5) is 0 Å². The van der Waals surface area contributed by atoms with Crippen molar-refractivity contribution >= 4 is 57.4 Å². The molecule has 302 valence electrons. The van der Waals surface area contributed by atoms with Crippen molar-refractivity contribution in [3.63, 3.8) is 0 Å². The van der Waals surface area contributed by atoms with E-state index in [0.717, 1.165) is 83.5 Å². The van der Waals surface area contributed by atoms with Crippen molar-refractivity contribution < 1.29 is 9.59 Å². The second-order valence-electron chi connectivity index (χ2n) is 16.2. The number of H-pyrrole nitrogens is 2. The van der Waals surface area contributed by atoms with Crippen LogP contribution in [0.2, 0.25) is 0 Å². The molecular formula is C57H37N5O2. The molecule has 6 heterocycles. The number of rotatable bonds is 5. The third-order valence-electron chi connectivity index (χ3n) is 12.4. The summed E-state index contributed by atoms with van der Waals surface area (Å²) in [6, 6.07) is 56.7. The van der Waals surface area contributed by atoms with Gasteiger partial charge >= 0.3 is 0 Å². The van der Waals surface area contributed by atoms with Crippen LogP contribution in [0.25, 0.3) is 90.4 Å². The summed E-state index contributed by atoms with van der Waals surface area (Å²) in [7, 11) is 1.90. The molecule has 0 radical (unpaired) electrons. The lowest BCUT2D eigenvalue weighted by Gasteiger charge is -2.17. The molecule has 4 aromatic heterocycles. The first-order valence-electron chi connectivity index (χ1n) is 21.3. The summed E-state index contributed by atoms with van der Waals surface area (Å²) in [5.41, 5.74) is 17.0. The largest absolute Gasteiger partial charge is 0.354 e. The minimum absolute atomic E-state index is 0.172.